The van der Waals surface area contributed by atoms with Gasteiger partial charge in [-0.3, -0.25) is 4.79 Å². The summed E-state index contributed by atoms with van der Waals surface area (Å²) in [5.41, 5.74) is 4.96. The Morgan fingerprint density at radius 2 is 1.16 bits per heavy atom. The monoisotopic (exact) mass is 570 g/mol. The molecule has 0 aromatic heterocycles. The van der Waals surface area contributed by atoms with Gasteiger partial charge in [0.15, 0.2) is 0 Å². The van der Waals surface area contributed by atoms with Crippen LogP contribution in [-0.4, -0.2) is 24.1 Å². The van der Waals surface area contributed by atoms with Crippen molar-refractivity contribution in [2.24, 2.45) is 5.10 Å². The Labute approximate surface area is 248 Å². The lowest BCUT2D eigenvalue weighted by atomic mass is 10.2. The van der Waals surface area contributed by atoms with Gasteiger partial charge < -0.3 is 14.2 Å². The lowest BCUT2D eigenvalue weighted by Gasteiger charge is -2.11. The molecule has 0 aliphatic heterocycles. The molecule has 5 aromatic rings. The van der Waals surface area contributed by atoms with Crippen LogP contribution in [0.25, 0.3) is 0 Å². The zero-order valence-electron chi connectivity index (χ0n) is 22.9. The number of carbonyl (C=O) groups excluding carboxylic acids is 3. The summed E-state index contributed by atoms with van der Waals surface area (Å²) >= 11 is 0. The van der Waals surface area contributed by atoms with E-state index in [0.717, 1.165) is 5.56 Å². The normalized spacial score (nSPS) is 10.6. The fourth-order valence-corrected chi connectivity index (χ4v) is 3.91. The summed E-state index contributed by atoms with van der Waals surface area (Å²) in [6, 6.07) is 37.9. The van der Waals surface area contributed by atoms with Gasteiger partial charge in [0.05, 0.1) is 17.3 Å². The number of hydrogen-bond donors (Lipinski definition) is 1. The molecule has 212 valence electrons. The number of rotatable bonds is 10. The number of carbonyl (C=O) groups is 3. The van der Waals surface area contributed by atoms with E-state index in [1.54, 1.807) is 91.0 Å². The smallest absolute Gasteiger partial charge is 0.343 e. The molecule has 8 heteroatoms. The number of nitrogens with one attached hydrogen (secondary N) is 1. The Kier molecular flexibility index (Phi) is 9.31. The maximum atomic E-state index is 12.8. The van der Waals surface area contributed by atoms with Crippen molar-refractivity contribution in [2.75, 3.05) is 0 Å². The molecular formula is C35H26N2O6. The van der Waals surface area contributed by atoms with Crippen molar-refractivity contribution in [3.63, 3.8) is 0 Å². The van der Waals surface area contributed by atoms with Gasteiger partial charge in [-0.05, 0) is 66.2 Å². The largest absolute Gasteiger partial charge is 0.489 e. The first-order valence-electron chi connectivity index (χ1n) is 13.3. The van der Waals surface area contributed by atoms with Gasteiger partial charge in [-0.25, -0.2) is 15.0 Å². The van der Waals surface area contributed by atoms with Gasteiger partial charge in [0, 0.05) is 17.2 Å². The van der Waals surface area contributed by atoms with Crippen molar-refractivity contribution in [1.29, 1.82) is 0 Å². The van der Waals surface area contributed by atoms with Crippen LogP contribution in [0.5, 0.6) is 17.2 Å². The first-order chi connectivity index (χ1) is 21.0. The molecule has 8 nitrogen and oxygen atoms in total. The summed E-state index contributed by atoms with van der Waals surface area (Å²) in [5, 5.41) is 4.04. The molecule has 0 fully saturated rings. The van der Waals surface area contributed by atoms with Crippen molar-refractivity contribution in [3.8, 4) is 17.2 Å². The summed E-state index contributed by atoms with van der Waals surface area (Å²) in [4.78, 5) is 38.0. The van der Waals surface area contributed by atoms with Crippen molar-refractivity contribution in [3.05, 3.63) is 161 Å². The van der Waals surface area contributed by atoms with Gasteiger partial charge in [-0.1, -0.05) is 66.7 Å². The van der Waals surface area contributed by atoms with E-state index in [1.807, 2.05) is 30.3 Å². The van der Waals surface area contributed by atoms with Gasteiger partial charge in [-0.2, -0.15) is 5.10 Å². The number of esters is 2. The average molecular weight is 571 g/mol. The number of hydrazone groups is 1. The van der Waals surface area contributed by atoms with Crippen LogP contribution in [0.3, 0.4) is 0 Å². The minimum atomic E-state index is -0.611. The zero-order chi connectivity index (χ0) is 29.9. The van der Waals surface area contributed by atoms with Crippen LogP contribution in [-0.2, 0) is 6.61 Å². The van der Waals surface area contributed by atoms with Gasteiger partial charge in [-0.15, -0.1) is 0 Å². The molecule has 1 N–H and O–H groups in total. The number of hydrogen-bond acceptors (Lipinski definition) is 7. The van der Waals surface area contributed by atoms with E-state index in [0.29, 0.717) is 34.6 Å². The first-order valence-corrected chi connectivity index (χ1v) is 13.3. The molecule has 0 aliphatic rings. The molecule has 0 radical (unpaired) electrons. The summed E-state index contributed by atoms with van der Waals surface area (Å²) in [6.45, 7) is 0.415. The summed E-state index contributed by atoms with van der Waals surface area (Å²) < 4.78 is 16.9. The third-order valence-electron chi connectivity index (χ3n) is 6.15. The van der Waals surface area contributed by atoms with Crippen LogP contribution < -0.4 is 19.6 Å². The summed E-state index contributed by atoms with van der Waals surface area (Å²) in [7, 11) is 0. The number of benzene rings is 5. The third kappa shape index (κ3) is 8.02. The number of ether oxygens (including phenoxy) is 3. The van der Waals surface area contributed by atoms with Crippen LogP contribution in [0.15, 0.2) is 139 Å². The molecule has 0 saturated heterocycles. The minimum Gasteiger partial charge on any atom is -0.489 e. The average Bonchev–Trinajstić information content (AvgIpc) is 3.06. The van der Waals surface area contributed by atoms with E-state index < -0.39 is 17.8 Å². The lowest BCUT2D eigenvalue weighted by molar-refractivity contribution is 0.0732. The van der Waals surface area contributed by atoms with Crippen LogP contribution >= 0.6 is 0 Å². The Hall–Kier alpha value is -6.02. The molecule has 0 spiro atoms. The van der Waals surface area contributed by atoms with Gasteiger partial charge in [0.2, 0.25) is 0 Å². The van der Waals surface area contributed by atoms with E-state index in [2.05, 4.69) is 10.5 Å². The van der Waals surface area contributed by atoms with Crippen LogP contribution in [0.4, 0.5) is 0 Å². The molecule has 0 atom stereocenters. The second kappa shape index (κ2) is 14.0. The SMILES string of the molecule is O=C(NN=Cc1ccc(OC(=O)c2ccccc2)cc1OC(=O)c1ccccc1)c1ccc(OCc2ccccc2)cc1. The lowest BCUT2D eigenvalue weighted by Crippen LogP contribution is -2.17. The fourth-order valence-electron chi connectivity index (χ4n) is 3.91. The maximum Gasteiger partial charge on any atom is 0.343 e. The van der Waals surface area contributed by atoms with E-state index in [-0.39, 0.29) is 11.5 Å². The molecule has 0 saturated carbocycles. The summed E-state index contributed by atoms with van der Waals surface area (Å²) in [5.74, 6) is -0.735. The Morgan fingerprint density at radius 3 is 1.79 bits per heavy atom. The van der Waals surface area contributed by atoms with Crippen molar-refractivity contribution < 1.29 is 28.6 Å². The second-order valence-corrected chi connectivity index (χ2v) is 9.21. The molecule has 43 heavy (non-hydrogen) atoms. The van der Waals surface area contributed by atoms with Crippen LogP contribution in [0.1, 0.15) is 42.2 Å². The number of nitrogens with zero attached hydrogens (tertiary/aromatic N) is 1. The molecule has 0 heterocycles. The summed E-state index contributed by atoms with van der Waals surface area (Å²) in [6.07, 6.45) is 1.34. The second-order valence-electron chi connectivity index (χ2n) is 9.21. The van der Waals surface area contributed by atoms with Gasteiger partial charge >= 0.3 is 11.9 Å². The minimum absolute atomic E-state index is 0.0881. The zero-order valence-corrected chi connectivity index (χ0v) is 22.9. The highest BCUT2D eigenvalue weighted by Crippen LogP contribution is 2.26. The molecule has 5 rings (SSSR count). The van der Waals surface area contributed by atoms with Crippen molar-refractivity contribution in [2.45, 2.75) is 6.61 Å². The van der Waals surface area contributed by atoms with E-state index in [9.17, 15) is 14.4 Å². The Bertz CT molecular complexity index is 1720. The highest BCUT2D eigenvalue weighted by atomic mass is 16.5. The quantitative estimate of drug-likeness (QED) is 0.0894. The molecule has 0 unspecified atom stereocenters. The molecule has 1 amide bonds. The van der Waals surface area contributed by atoms with Crippen LogP contribution in [0.2, 0.25) is 0 Å². The highest BCUT2D eigenvalue weighted by Gasteiger charge is 2.15. The van der Waals surface area contributed by atoms with Gasteiger partial charge in [0.25, 0.3) is 5.91 Å². The van der Waals surface area contributed by atoms with E-state index >= 15 is 0 Å². The standard InChI is InChI=1S/C35H26N2O6/c38-33(26-16-19-30(20-17-26)41-24-25-10-4-1-5-11-25)37-36-23-29-18-21-31(42-34(39)27-12-6-2-7-13-27)22-32(29)43-35(40)28-14-8-3-9-15-28/h1-23H,24H2,(H,37,38). The molecule has 5 aromatic carbocycles. The third-order valence-corrected chi connectivity index (χ3v) is 6.15. The Balaban J connectivity index is 1.27. The molecular weight excluding hydrogens is 544 g/mol. The highest BCUT2D eigenvalue weighted by molar-refractivity contribution is 5.96. The van der Waals surface area contributed by atoms with Gasteiger partial charge in [0.1, 0.15) is 23.9 Å². The Morgan fingerprint density at radius 1 is 0.605 bits per heavy atom. The predicted molar refractivity (Wildman–Crippen MR) is 162 cm³/mol. The molecule has 0 bridgehead atoms. The maximum absolute atomic E-state index is 12.8. The van der Waals surface area contributed by atoms with Crippen LogP contribution in [0, 0.1) is 0 Å². The predicted octanol–water partition coefficient (Wildman–Crippen LogP) is 6.47. The van der Waals surface area contributed by atoms with Crippen molar-refractivity contribution >= 4 is 24.1 Å². The topological polar surface area (TPSA) is 103 Å². The van der Waals surface area contributed by atoms with E-state index in [1.165, 1.54) is 18.3 Å². The van der Waals surface area contributed by atoms with Crippen molar-refractivity contribution in [1.82, 2.24) is 5.43 Å². The number of amides is 1. The van der Waals surface area contributed by atoms with E-state index in [4.69, 9.17) is 14.2 Å². The first kappa shape index (κ1) is 28.5. The molecule has 0 aliphatic carbocycles. The fraction of sp³-hybridized carbons (Fsp3) is 0.0286.